The monoisotopic (exact) mass is 330 g/mol. The van der Waals surface area contributed by atoms with E-state index in [1.165, 1.54) is 14.0 Å². The lowest BCUT2D eigenvalue weighted by Gasteiger charge is -2.09. The number of carbonyl (C=O) groups is 1. The number of aromatic nitrogens is 1. The number of hydrogen-bond acceptors (Lipinski definition) is 3. The molecule has 0 aliphatic heterocycles. The van der Waals surface area contributed by atoms with Crippen LogP contribution in [0.15, 0.2) is 29.3 Å². The Morgan fingerprint density at radius 1 is 1.32 bits per heavy atom. The third-order valence-corrected chi connectivity index (χ3v) is 3.90. The molecule has 0 saturated carbocycles. The van der Waals surface area contributed by atoms with Crippen molar-refractivity contribution < 1.29 is 26.5 Å². The molecule has 1 amide bonds. The van der Waals surface area contributed by atoms with E-state index in [1.54, 1.807) is 0 Å². The number of nitrogens with zero attached hydrogens (tertiary/aromatic N) is 1. The topological polar surface area (TPSA) is 88.4 Å². The summed E-state index contributed by atoms with van der Waals surface area (Å²) in [5, 5.41) is 2.22. The highest BCUT2D eigenvalue weighted by atomic mass is 32.2. The standard InChI is InChI=1S/C13H12F2N2O4S/c1-7-9(14)3-4-10(12(7)15)16-13(18)11-5-8(6-17(11)2)22(19,20)21/h3-6H,1-2H3,(H,16,18)(H,19,20,21). The van der Waals surface area contributed by atoms with Gasteiger partial charge in [-0.3, -0.25) is 9.35 Å². The van der Waals surface area contributed by atoms with Gasteiger partial charge in [-0.15, -0.1) is 0 Å². The molecule has 22 heavy (non-hydrogen) atoms. The number of nitrogens with one attached hydrogen (secondary N) is 1. The number of benzene rings is 1. The fourth-order valence-corrected chi connectivity index (χ4v) is 2.40. The van der Waals surface area contributed by atoms with Gasteiger partial charge in [0, 0.05) is 18.8 Å². The van der Waals surface area contributed by atoms with E-state index >= 15 is 0 Å². The van der Waals surface area contributed by atoms with Crippen LogP contribution in [0.2, 0.25) is 0 Å². The minimum Gasteiger partial charge on any atom is -0.345 e. The predicted octanol–water partition coefficient (Wildman–Crippen LogP) is 2.11. The summed E-state index contributed by atoms with van der Waals surface area (Å²) in [7, 11) is -3.07. The molecule has 0 fully saturated rings. The summed E-state index contributed by atoms with van der Waals surface area (Å²) in [6.45, 7) is 1.22. The Morgan fingerprint density at radius 2 is 1.95 bits per heavy atom. The number of amides is 1. The van der Waals surface area contributed by atoms with E-state index in [1.807, 2.05) is 0 Å². The second-order valence-electron chi connectivity index (χ2n) is 4.64. The Balaban J connectivity index is 2.35. The van der Waals surface area contributed by atoms with Crippen LogP contribution in [0.3, 0.4) is 0 Å². The Hall–Kier alpha value is -2.26. The first-order valence-corrected chi connectivity index (χ1v) is 7.45. The maximum atomic E-state index is 13.8. The number of anilines is 1. The van der Waals surface area contributed by atoms with E-state index in [-0.39, 0.29) is 16.9 Å². The Bertz CT molecular complexity index is 859. The molecule has 6 nitrogen and oxygen atoms in total. The van der Waals surface area contributed by atoms with E-state index in [0.29, 0.717) is 0 Å². The van der Waals surface area contributed by atoms with Gasteiger partial charge in [-0.05, 0) is 25.1 Å². The van der Waals surface area contributed by atoms with Crippen molar-refractivity contribution in [2.75, 3.05) is 5.32 Å². The van der Waals surface area contributed by atoms with Crippen molar-refractivity contribution >= 4 is 21.7 Å². The van der Waals surface area contributed by atoms with E-state index in [9.17, 15) is 22.0 Å². The van der Waals surface area contributed by atoms with Crippen molar-refractivity contribution in [2.45, 2.75) is 11.8 Å². The average molecular weight is 330 g/mol. The maximum Gasteiger partial charge on any atom is 0.296 e. The molecule has 2 aromatic rings. The summed E-state index contributed by atoms with van der Waals surface area (Å²) < 4.78 is 59.1. The van der Waals surface area contributed by atoms with Gasteiger partial charge in [0.25, 0.3) is 16.0 Å². The van der Waals surface area contributed by atoms with Gasteiger partial charge >= 0.3 is 0 Å². The van der Waals surface area contributed by atoms with E-state index in [2.05, 4.69) is 5.32 Å². The van der Waals surface area contributed by atoms with Crippen LogP contribution in [0.25, 0.3) is 0 Å². The van der Waals surface area contributed by atoms with Crippen molar-refractivity contribution in [1.82, 2.24) is 4.57 Å². The zero-order valence-electron chi connectivity index (χ0n) is 11.6. The number of carbonyl (C=O) groups excluding carboxylic acids is 1. The second-order valence-corrected chi connectivity index (χ2v) is 6.06. The zero-order valence-corrected chi connectivity index (χ0v) is 12.4. The molecule has 1 aromatic heterocycles. The van der Waals surface area contributed by atoms with Crippen LogP contribution in [-0.2, 0) is 17.2 Å². The van der Waals surface area contributed by atoms with Crippen molar-refractivity contribution in [3.63, 3.8) is 0 Å². The average Bonchev–Trinajstić information content (AvgIpc) is 2.81. The number of rotatable bonds is 3. The first-order chi connectivity index (χ1) is 10.1. The van der Waals surface area contributed by atoms with Crippen LogP contribution in [0, 0.1) is 18.6 Å². The SMILES string of the molecule is Cc1c(F)ccc(NC(=O)c2cc(S(=O)(=O)O)cn2C)c1F. The molecule has 0 atom stereocenters. The van der Waals surface area contributed by atoms with E-state index in [4.69, 9.17) is 4.55 Å². The van der Waals surface area contributed by atoms with Gasteiger partial charge in [0.05, 0.1) is 5.69 Å². The zero-order chi connectivity index (χ0) is 16.7. The second kappa shape index (κ2) is 5.50. The van der Waals surface area contributed by atoms with Crippen molar-refractivity contribution in [3.05, 3.63) is 47.3 Å². The molecule has 0 saturated heterocycles. The van der Waals surface area contributed by atoms with Crippen LogP contribution < -0.4 is 5.32 Å². The third-order valence-electron chi connectivity index (χ3n) is 3.08. The Morgan fingerprint density at radius 3 is 2.50 bits per heavy atom. The lowest BCUT2D eigenvalue weighted by Crippen LogP contribution is -2.16. The number of halogens is 2. The van der Waals surface area contributed by atoms with Gasteiger partial charge < -0.3 is 9.88 Å². The normalized spacial score (nSPS) is 11.5. The van der Waals surface area contributed by atoms with Gasteiger partial charge in [0.1, 0.15) is 16.4 Å². The molecule has 0 unspecified atom stereocenters. The minimum atomic E-state index is -4.46. The molecule has 0 aliphatic carbocycles. The first kappa shape index (κ1) is 16.1. The molecule has 0 spiro atoms. The van der Waals surface area contributed by atoms with Gasteiger partial charge in [-0.2, -0.15) is 8.42 Å². The summed E-state index contributed by atoms with van der Waals surface area (Å²) in [6, 6.07) is 3.00. The highest BCUT2D eigenvalue weighted by Crippen LogP contribution is 2.21. The molecular formula is C13H12F2N2O4S. The van der Waals surface area contributed by atoms with Crippen molar-refractivity contribution in [3.8, 4) is 0 Å². The van der Waals surface area contributed by atoms with Gasteiger partial charge in [0.2, 0.25) is 0 Å². The molecular weight excluding hydrogens is 318 g/mol. The van der Waals surface area contributed by atoms with Crippen LogP contribution in [0.1, 0.15) is 16.1 Å². The lowest BCUT2D eigenvalue weighted by molar-refractivity contribution is 0.101. The van der Waals surface area contributed by atoms with Crippen LogP contribution in [0.4, 0.5) is 14.5 Å². The van der Waals surface area contributed by atoms with E-state index < -0.39 is 32.6 Å². The third kappa shape index (κ3) is 3.00. The summed E-state index contributed by atoms with van der Waals surface area (Å²) in [5.41, 5.74) is -0.601. The summed E-state index contributed by atoms with van der Waals surface area (Å²) >= 11 is 0. The van der Waals surface area contributed by atoms with Gasteiger partial charge in [-0.1, -0.05) is 0 Å². The minimum absolute atomic E-state index is 0.117. The fourth-order valence-electron chi connectivity index (χ4n) is 1.85. The Labute approximate surface area is 125 Å². The fraction of sp³-hybridized carbons (Fsp3) is 0.154. The first-order valence-electron chi connectivity index (χ1n) is 6.01. The number of aryl methyl sites for hydroxylation is 1. The molecule has 118 valence electrons. The molecule has 2 rings (SSSR count). The molecule has 0 bridgehead atoms. The number of hydrogen-bond donors (Lipinski definition) is 2. The largest absolute Gasteiger partial charge is 0.345 e. The summed E-state index contributed by atoms with van der Waals surface area (Å²) in [6.07, 6.45) is 1.04. The molecule has 1 aromatic carbocycles. The molecule has 0 aliphatic rings. The smallest absolute Gasteiger partial charge is 0.296 e. The summed E-state index contributed by atoms with van der Waals surface area (Å²) in [4.78, 5) is 11.6. The van der Waals surface area contributed by atoms with Gasteiger partial charge in [0.15, 0.2) is 5.82 Å². The highest BCUT2D eigenvalue weighted by Gasteiger charge is 2.20. The van der Waals surface area contributed by atoms with Crippen molar-refractivity contribution in [2.24, 2.45) is 7.05 Å². The maximum absolute atomic E-state index is 13.8. The predicted molar refractivity (Wildman–Crippen MR) is 74.3 cm³/mol. The van der Waals surface area contributed by atoms with Crippen LogP contribution in [0.5, 0.6) is 0 Å². The van der Waals surface area contributed by atoms with Crippen LogP contribution in [-0.4, -0.2) is 23.4 Å². The van der Waals surface area contributed by atoms with Crippen molar-refractivity contribution in [1.29, 1.82) is 0 Å². The Kier molecular flexibility index (Phi) is 4.03. The van der Waals surface area contributed by atoms with Crippen LogP contribution >= 0.6 is 0 Å². The molecule has 9 heteroatoms. The summed E-state index contributed by atoms with van der Waals surface area (Å²) in [5.74, 6) is -2.47. The highest BCUT2D eigenvalue weighted by molar-refractivity contribution is 7.85. The van der Waals surface area contributed by atoms with E-state index in [0.717, 1.165) is 29.0 Å². The molecule has 0 radical (unpaired) electrons. The lowest BCUT2D eigenvalue weighted by atomic mass is 10.2. The quantitative estimate of drug-likeness (QED) is 0.844. The molecule has 1 heterocycles. The molecule has 2 N–H and O–H groups in total. The van der Waals surface area contributed by atoms with Gasteiger partial charge in [-0.25, -0.2) is 8.78 Å².